The molecule has 1 aliphatic heterocycles. The highest BCUT2D eigenvalue weighted by atomic mass is 19.1. The molecule has 0 radical (unpaired) electrons. The van der Waals surface area contributed by atoms with Crippen LogP contribution in [0.4, 0.5) is 4.39 Å². The molecule has 1 saturated heterocycles. The zero-order valence-corrected chi connectivity index (χ0v) is 10.2. The lowest BCUT2D eigenvalue weighted by molar-refractivity contribution is -0.220. The first-order chi connectivity index (χ1) is 8.57. The molecule has 4 heteroatoms. The van der Waals surface area contributed by atoms with Crippen LogP contribution in [-0.4, -0.2) is 26.3 Å². The maximum atomic E-state index is 14.7. The van der Waals surface area contributed by atoms with E-state index in [4.69, 9.17) is 4.74 Å². The second-order valence-electron chi connectivity index (χ2n) is 5.38. The van der Waals surface area contributed by atoms with Crippen molar-refractivity contribution in [2.45, 2.75) is 18.5 Å². The van der Waals surface area contributed by atoms with Gasteiger partial charge in [0.2, 0.25) is 0 Å². The van der Waals surface area contributed by atoms with Crippen molar-refractivity contribution >= 4 is 5.97 Å². The van der Waals surface area contributed by atoms with Crippen molar-refractivity contribution in [3.63, 3.8) is 0 Å². The van der Waals surface area contributed by atoms with Gasteiger partial charge in [0, 0.05) is 5.41 Å². The van der Waals surface area contributed by atoms with E-state index in [0.717, 1.165) is 0 Å². The number of carbonyl (C=O) groups is 1. The molecule has 2 aliphatic rings. The van der Waals surface area contributed by atoms with Gasteiger partial charge in [0.05, 0.1) is 25.9 Å². The van der Waals surface area contributed by atoms with E-state index in [-0.39, 0.29) is 5.41 Å². The summed E-state index contributed by atoms with van der Waals surface area (Å²) < 4.78 is 24.5. The number of rotatable bonds is 2. The summed E-state index contributed by atoms with van der Waals surface area (Å²) in [5, 5.41) is 0. The smallest absolute Gasteiger partial charge is 0.337 e. The van der Waals surface area contributed by atoms with Crippen LogP contribution >= 0.6 is 0 Å². The average Bonchev–Trinajstić information content (AvgIpc) is 2.32. The van der Waals surface area contributed by atoms with Gasteiger partial charge >= 0.3 is 5.97 Å². The van der Waals surface area contributed by atoms with Gasteiger partial charge in [-0.3, -0.25) is 0 Å². The molecular formula is C14H15FO3. The number of methoxy groups -OCH3 is 1. The Labute approximate surface area is 105 Å². The van der Waals surface area contributed by atoms with E-state index in [1.54, 1.807) is 24.3 Å². The summed E-state index contributed by atoms with van der Waals surface area (Å²) in [6, 6.07) is 6.67. The maximum Gasteiger partial charge on any atom is 0.337 e. The largest absolute Gasteiger partial charge is 0.465 e. The fraction of sp³-hybridized carbons (Fsp3) is 0.500. The summed E-state index contributed by atoms with van der Waals surface area (Å²) in [6.45, 7) is 1.32. The van der Waals surface area contributed by atoms with Crippen molar-refractivity contribution in [2.75, 3.05) is 20.3 Å². The third-order valence-corrected chi connectivity index (χ3v) is 3.93. The number of ether oxygens (including phenoxy) is 2. The number of esters is 1. The van der Waals surface area contributed by atoms with Gasteiger partial charge in [0.15, 0.2) is 0 Å². The van der Waals surface area contributed by atoms with Crippen molar-refractivity contribution < 1.29 is 18.7 Å². The molecule has 2 fully saturated rings. The van der Waals surface area contributed by atoms with Gasteiger partial charge in [-0.2, -0.15) is 0 Å². The molecule has 3 nitrogen and oxygen atoms in total. The molecule has 1 aliphatic carbocycles. The van der Waals surface area contributed by atoms with Crippen LogP contribution in [0.15, 0.2) is 24.3 Å². The van der Waals surface area contributed by atoms with Gasteiger partial charge in [-0.1, -0.05) is 12.1 Å². The fourth-order valence-corrected chi connectivity index (χ4v) is 2.98. The highest BCUT2D eigenvalue weighted by Gasteiger charge is 2.59. The van der Waals surface area contributed by atoms with Gasteiger partial charge in [0.25, 0.3) is 0 Å². The molecule has 0 amide bonds. The van der Waals surface area contributed by atoms with E-state index in [1.165, 1.54) is 7.11 Å². The van der Waals surface area contributed by atoms with Crippen LogP contribution in [0.2, 0.25) is 0 Å². The van der Waals surface area contributed by atoms with Crippen molar-refractivity contribution in [1.82, 2.24) is 0 Å². The van der Waals surface area contributed by atoms with E-state index in [9.17, 15) is 9.18 Å². The Morgan fingerprint density at radius 3 is 2.67 bits per heavy atom. The second kappa shape index (κ2) is 3.79. The summed E-state index contributed by atoms with van der Waals surface area (Å²) in [4.78, 5) is 11.4. The molecule has 18 heavy (non-hydrogen) atoms. The summed E-state index contributed by atoms with van der Waals surface area (Å²) in [5.74, 6) is -0.429. The van der Waals surface area contributed by atoms with Crippen molar-refractivity contribution in [3.05, 3.63) is 35.4 Å². The van der Waals surface area contributed by atoms with Crippen LogP contribution in [-0.2, 0) is 15.1 Å². The quantitative estimate of drug-likeness (QED) is 0.756. The van der Waals surface area contributed by atoms with E-state index < -0.39 is 11.6 Å². The van der Waals surface area contributed by atoms with E-state index in [1.807, 2.05) is 0 Å². The normalized spacial score (nSPS) is 23.0. The van der Waals surface area contributed by atoms with Gasteiger partial charge in [-0.15, -0.1) is 0 Å². The predicted octanol–water partition coefficient (Wildman–Crippen LogP) is 2.45. The second-order valence-corrected chi connectivity index (χ2v) is 5.38. The number of halogens is 1. The zero-order chi connectivity index (χ0) is 12.8. The molecule has 1 spiro atoms. The third kappa shape index (κ3) is 1.63. The highest BCUT2D eigenvalue weighted by molar-refractivity contribution is 5.89. The Balaban J connectivity index is 1.82. The number of alkyl halides is 1. The SMILES string of the molecule is COC(=O)c1cccc(C2(F)CC3(COC3)C2)c1. The number of carbonyl (C=O) groups excluding carboxylic acids is 1. The van der Waals surface area contributed by atoms with Crippen molar-refractivity contribution in [1.29, 1.82) is 0 Å². The van der Waals surface area contributed by atoms with Gasteiger partial charge in [-0.25, -0.2) is 9.18 Å². The van der Waals surface area contributed by atoms with Gasteiger partial charge < -0.3 is 9.47 Å². The Kier molecular flexibility index (Phi) is 2.45. The molecule has 3 rings (SSSR count). The van der Waals surface area contributed by atoms with Crippen LogP contribution < -0.4 is 0 Å². The Morgan fingerprint density at radius 1 is 1.39 bits per heavy atom. The lowest BCUT2D eigenvalue weighted by Gasteiger charge is -2.56. The Bertz CT molecular complexity index is 486. The third-order valence-electron chi connectivity index (χ3n) is 3.93. The summed E-state index contributed by atoms with van der Waals surface area (Å²) in [6.07, 6.45) is 0.981. The first kappa shape index (κ1) is 11.7. The average molecular weight is 250 g/mol. The van der Waals surface area contributed by atoms with E-state index in [0.29, 0.717) is 37.2 Å². The minimum atomic E-state index is -1.31. The lowest BCUT2D eigenvalue weighted by Crippen LogP contribution is -2.57. The van der Waals surface area contributed by atoms with Crippen LogP contribution in [0.1, 0.15) is 28.8 Å². The monoisotopic (exact) mass is 250 g/mol. The molecule has 0 atom stereocenters. The minimum absolute atomic E-state index is 0.0516. The van der Waals surface area contributed by atoms with E-state index >= 15 is 0 Å². The first-order valence-corrected chi connectivity index (χ1v) is 6.03. The number of hydrogen-bond donors (Lipinski definition) is 0. The van der Waals surface area contributed by atoms with Crippen molar-refractivity contribution in [2.24, 2.45) is 5.41 Å². The minimum Gasteiger partial charge on any atom is -0.465 e. The molecule has 0 unspecified atom stereocenters. The number of benzene rings is 1. The number of hydrogen-bond acceptors (Lipinski definition) is 3. The molecule has 0 aromatic heterocycles. The summed E-state index contributed by atoms with van der Waals surface area (Å²) in [5.41, 5.74) is -0.287. The summed E-state index contributed by atoms with van der Waals surface area (Å²) in [7, 11) is 1.32. The summed E-state index contributed by atoms with van der Waals surface area (Å²) >= 11 is 0. The Morgan fingerprint density at radius 2 is 2.11 bits per heavy atom. The maximum absolute atomic E-state index is 14.7. The molecule has 0 N–H and O–H groups in total. The molecular weight excluding hydrogens is 235 g/mol. The topological polar surface area (TPSA) is 35.5 Å². The standard InChI is InChI=1S/C14H15FO3/c1-17-12(16)10-3-2-4-11(5-10)14(15)6-13(7-14)8-18-9-13/h2-5H,6-9H2,1H3. The first-order valence-electron chi connectivity index (χ1n) is 6.03. The van der Waals surface area contributed by atoms with E-state index in [2.05, 4.69) is 4.74 Å². The van der Waals surface area contributed by atoms with Gasteiger partial charge in [-0.05, 0) is 30.5 Å². The molecule has 1 aromatic rings. The fourth-order valence-electron chi connectivity index (χ4n) is 2.98. The molecule has 1 saturated carbocycles. The molecule has 0 bridgehead atoms. The zero-order valence-electron chi connectivity index (χ0n) is 10.2. The van der Waals surface area contributed by atoms with Crippen LogP contribution in [0.3, 0.4) is 0 Å². The van der Waals surface area contributed by atoms with Crippen molar-refractivity contribution in [3.8, 4) is 0 Å². The van der Waals surface area contributed by atoms with Crippen LogP contribution in [0, 0.1) is 5.41 Å². The lowest BCUT2D eigenvalue weighted by atomic mass is 9.57. The predicted molar refractivity (Wildman–Crippen MR) is 63.1 cm³/mol. The molecule has 96 valence electrons. The van der Waals surface area contributed by atoms with Gasteiger partial charge in [0.1, 0.15) is 5.67 Å². The Hall–Kier alpha value is -1.42. The molecule has 1 heterocycles. The van der Waals surface area contributed by atoms with Crippen LogP contribution in [0.5, 0.6) is 0 Å². The van der Waals surface area contributed by atoms with Crippen LogP contribution in [0.25, 0.3) is 0 Å². The molecule has 1 aromatic carbocycles. The highest BCUT2D eigenvalue weighted by Crippen LogP contribution is 2.60.